The summed E-state index contributed by atoms with van der Waals surface area (Å²) in [5.74, 6) is -0.494. The summed E-state index contributed by atoms with van der Waals surface area (Å²) in [6.45, 7) is -0.0569. The van der Waals surface area contributed by atoms with Gasteiger partial charge in [0.05, 0.1) is 25.5 Å². The number of carbonyl (C=O) groups excluding carboxylic acids is 2. The fourth-order valence-electron chi connectivity index (χ4n) is 2.51. The predicted octanol–water partition coefficient (Wildman–Crippen LogP) is 2.79. The average molecular weight is 371 g/mol. The van der Waals surface area contributed by atoms with Gasteiger partial charge in [0.1, 0.15) is 5.76 Å². The summed E-state index contributed by atoms with van der Waals surface area (Å²) in [6, 6.07) is 13.0. The number of hydrogen-bond acceptors (Lipinski definition) is 6. The molecular formula is C19H17NO5S. The number of nitrogens with one attached hydrogen (secondary N) is 1. The first kappa shape index (κ1) is 17.9. The topological polar surface area (TPSA) is 88.8 Å². The number of esters is 1. The summed E-state index contributed by atoms with van der Waals surface area (Å²) < 4.78 is 10.00. The summed E-state index contributed by atoms with van der Waals surface area (Å²) in [6.07, 6.45) is 1.47. The average Bonchev–Trinajstić information content (AvgIpc) is 3.39. The monoisotopic (exact) mass is 371 g/mol. The van der Waals surface area contributed by atoms with Crippen molar-refractivity contribution in [2.45, 2.75) is 5.60 Å². The lowest BCUT2D eigenvalue weighted by Gasteiger charge is -2.25. The molecule has 2 N–H and O–H groups in total. The number of rotatable bonds is 6. The van der Waals surface area contributed by atoms with Crippen LogP contribution >= 0.6 is 11.3 Å². The Kier molecular flexibility index (Phi) is 5.20. The van der Waals surface area contributed by atoms with E-state index in [1.165, 1.54) is 49.0 Å². The molecule has 2 heterocycles. The van der Waals surface area contributed by atoms with Crippen LogP contribution in [0.2, 0.25) is 0 Å². The van der Waals surface area contributed by atoms with Crippen LogP contribution in [0.1, 0.15) is 31.4 Å². The van der Waals surface area contributed by atoms with Crippen LogP contribution in [-0.2, 0) is 10.3 Å². The summed E-state index contributed by atoms with van der Waals surface area (Å²) in [7, 11) is 1.29. The van der Waals surface area contributed by atoms with Gasteiger partial charge in [0.2, 0.25) is 0 Å². The number of aliphatic hydroxyl groups is 1. The van der Waals surface area contributed by atoms with E-state index >= 15 is 0 Å². The standard InChI is InChI=1S/C19H17NO5S/c1-24-18(22)14-8-6-13(7-9-14)17(21)20-12-19(23,15-4-2-10-25-15)16-5-3-11-26-16/h2-11,23H,12H2,1H3,(H,20,21). The molecule has 134 valence electrons. The van der Waals surface area contributed by atoms with Crippen molar-refractivity contribution in [2.24, 2.45) is 0 Å². The van der Waals surface area contributed by atoms with Gasteiger partial charge in [0.25, 0.3) is 5.91 Å². The largest absolute Gasteiger partial charge is 0.466 e. The molecule has 7 heteroatoms. The number of benzene rings is 1. The van der Waals surface area contributed by atoms with Crippen LogP contribution in [0.15, 0.2) is 64.6 Å². The second-order valence-corrected chi connectivity index (χ2v) is 6.51. The van der Waals surface area contributed by atoms with Crippen LogP contribution in [-0.4, -0.2) is 30.6 Å². The van der Waals surface area contributed by atoms with Gasteiger partial charge in [0.15, 0.2) is 5.60 Å². The molecule has 3 aromatic rings. The van der Waals surface area contributed by atoms with Gasteiger partial charge in [-0.2, -0.15) is 0 Å². The van der Waals surface area contributed by atoms with Gasteiger partial charge in [-0.15, -0.1) is 11.3 Å². The highest BCUT2D eigenvalue weighted by molar-refractivity contribution is 7.10. The first-order valence-electron chi connectivity index (χ1n) is 7.81. The molecule has 1 aromatic carbocycles. The zero-order chi connectivity index (χ0) is 18.6. The summed E-state index contributed by atoms with van der Waals surface area (Å²) >= 11 is 1.37. The SMILES string of the molecule is COC(=O)c1ccc(C(=O)NCC(O)(c2ccco2)c2cccs2)cc1. The maximum Gasteiger partial charge on any atom is 0.337 e. The van der Waals surface area contributed by atoms with Crippen molar-refractivity contribution in [2.75, 3.05) is 13.7 Å². The maximum absolute atomic E-state index is 12.4. The lowest BCUT2D eigenvalue weighted by atomic mass is 9.98. The fourth-order valence-corrected chi connectivity index (χ4v) is 3.34. The number of thiophene rings is 1. The van der Waals surface area contributed by atoms with Gasteiger partial charge < -0.3 is 19.6 Å². The molecule has 2 aromatic heterocycles. The summed E-state index contributed by atoms with van der Waals surface area (Å²) in [5, 5.41) is 15.7. The third-order valence-corrected chi connectivity index (χ3v) is 4.95. The molecule has 1 amide bonds. The van der Waals surface area contributed by atoms with E-state index in [0.717, 1.165) is 0 Å². The molecule has 0 aliphatic rings. The number of ether oxygens (including phenoxy) is 1. The van der Waals surface area contributed by atoms with Gasteiger partial charge in [-0.05, 0) is 47.8 Å². The third kappa shape index (κ3) is 3.54. The zero-order valence-electron chi connectivity index (χ0n) is 14.0. The van der Waals surface area contributed by atoms with Crippen LogP contribution in [0, 0.1) is 0 Å². The van der Waals surface area contributed by atoms with Crippen molar-refractivity contribution in [3.05, 3.63) is 81.9 Å². The second-order valence-electron chi connectivity index (χ2n) is 5.57. The van der Waals surface area contributed by atoms with Gasteiger partial charge in [-0.25, -0.2) is 4.79 Å². The smallest absolute Gasteiger partial charge is 0.337 e. The molecule has 0 saturated carbocycles. The Morgan fingerprint density at radius 1 is 1.15 bits per heavy atom. The Labute approximate surface area is 154 Å². The fraction of sp³-hybridized carbons (Fsp3) is 0.158. The van der Waals surface area contributed by atoms with Crippen molar-refractivity contribution in [3.63, 3.8) is 0 Å². The van der Waals surface area contributed by atoms with Gasteiger partial charge in [0, 0.05) is 10.4 Å². The van der Waals surface area contributed by atoms with E-state index in [4.69, 9.17) is 4.42 Å². The minimum absolute atomic E-state index is 0.0569. The van der Waals surface area contributed by atoms with Crippen LogP contribution in [0.4, 0.5) is 0 Å². The first-order chi connectivity index (χ1) is 12.5. The number of carbonyl (C=O) groups is 2. The zero-order valence-corrected chi connectivity index (χ0v) is 14.8. The molecule has 0 saturated heterocycles. The number of furan rings is 1. The second kappa shape index (κ2) is 7.55. The van der Waals surface area contributed by atoms with Crippen LogP contribution in [0.25, 0.3) is 0 Å². The molecule has 6 nitrogen and oxygen atoms in total. The Balaban J connectivity index is 1.75. The minimum atomic E-state index is -1.46. The minimum Gasteiger partial charge on any atom is -0.466 e. The number of hydrogen-bond donors (Lipinski definition) is 2. The quantitative estimate of drug-likeness (QED) is 0.651. The predicted molar refractivity (Wildman–Crippen MR) is 96.1 cm³/mol. The van der Waals surface area contributed by atoms with E-state index in [9.17, 15) is 14.7 Å². The lowest BCUT2D eigenvalue weighted by molar-refractivity contribution is 0.0554. The van der Waals surface area contributed by atoms with Crippen LogP contribution in [0.3, 0.4) is 0 Å². The molecule has 0 fully saturated rings. The Morgan fingerprint density at radius 2 is 1.88 bits per heavy atom. The van der Waals surface area contributed by atoms with E-state index in [-0.39, 0.29) is 12.5 Å². The molecule has 1 unspecified atom stereocenters. The van der Waals surface area contributed by atoms with Gasteiger partial charge >= 0.3 is 5.97 Å². The van der Waals surface area contributed by atoms with Crippen molar-refractivity contribution in [1.82, 2.24) is 5.32 Å². The highest BCUT2D eigenvalue weighted by Gasteiger charge is 2.36. The molecular weight excluding hydrogens is 354 g/mol. The van der Waals surface area contributed by atoms with Gasteiger partial charge in [-0.3, -0.25) is 4.79 Å². The molecule has 26 heavy (non-hydrogen) atoms. The van der Waals surface area contributed by atoms with Crippen molar-refractivity contribution >= 4 is 23.2 Å². The first-order valence-corrected chi connectivity index (χ1v) is 8.69. The third-order valence-electron chi connectivity index (χ3n) is 3.93. The Morgan fingerprint density at radius 3 is 2.46 bits per heavy atom. The van der Waals surface area contributed by atoms with Crippen LogP contribution in [0.5, 0.6) is 0 Å². The molecule has 0 aliphatic heterocycles. The number of amides is 1. The summed E-state index contributed by atoms with van der Waals surface area (Å²) in [4.78, 5) is 24.5. The highest BCUT2D eigenvalue weighted by atomic mass is 32.1. The van der Waals surface area contributed by atoms with Crippen molar-refractivity contribution < 1.29 is 23.8 Å². The van der Waals surface area contributed by atoms with Crippen molar-refractivity contribution in [3.8, 4) is 0 Å². The lowest BCUT2D eigenvalue weighted by Crippen LogP contribution is -2.41. The molecule has 3 rings (SSSR count). The molecule has 0 aliphatic carbocycles. The van der Waals surface area contributed by atoms with E-state index < -0.39 is 11.6 Å². The Bertz CT molecular complexity index is 835. The highest BCUT2D eigenvalue weighted by Crippen LogP contribution is 2.32. The van der Waals surface area contributed by atoms with Crippen LogP contribution < -0.4 is 5.32 Å². The molecule has 0 bridgehead atoms. The normalized spacial score (nSPS) is 13.0. The molecule has 0 spiro atoms. The van der Waals surface area contributed by atoms with E-state index in [0.29, 0.717) is 21.8 Å². The van der Waals surface area contributed by atoms with Gasteiger partial charge in [-0.1, -0.05) is 6.07 Å². The maximum atomic E-state index is 12.4. The molecule has 1 atom stereocenters. The van der Waals surface area contributed by atoms with E-state index in [2.05, 4.69) is 10.1 Å². The Hall–Kier alpha value is -2.90. The van der Waals surface area contributed by atoms with E-state index in [1.54, 1.807) is 18.2 Å². The molecule has 0 radical (unpaired) electrons. The number of methoxy groups -OCH3 is 1. The van der Waals surface area contributed by atoms with E-state index in [1.807, 2.05) is 11.4 Å². The van der Waals surface area contributed by atoms with Crippen molar-refractivity contribution in [1.29, 1.82) is 0 Å². The summed E-state index contributed by atoms with van der Waals surface area (Å²) in [5.41, 5.74) is -0.736.